The minimum Gasteiger partial charge on any atom is -0.262 e. The molecule has 0 spiro atoms. The standard InChI is InChI=1S/C10H12ClN3O2/c1-7-4-5-9(8(11)6-7)12-13-10(2,3)14(15)16/h4-6H,1-3H3. The Morgan fingerprint density at radius 2 is 2.06 bits per heavy atom. The van der Waals surface area contributed by atoms with Gasteiger partial charge in [0.15, 0.2) is 0 Å². The molecular weight excluding hydrogens is 230 g/mol. The van der Waals surface area contributed by atoms with E-state index < -0.39 is 10.6 Å². The van der Waals surface area contributed by atoms with Crippen LogP contribution >= 0.6 is 11.6 Å². The third-order valence-electron chi connectivity index (χ3n) is 1.95. The number of halogens is 1. The van der Waals surface area contributed by atoms with E-state index in [2.05, 4.69) is 10.2 Å². The highest BCUT2D eigenvalue weighted by molar-refractivity contribution is 6.33. The summed E-state index contributed by atoms with van der Waals surface area (Å²) in [7, 11) is 0. The maximum atomic E-state index is 10.6. The molecule has 0 aliphatic rings. The molecule has 0 aromatic heterocycles. The molecule has 1 aromatic carbocycles. The van der Waals surface area contributed by atoms with Gasteiger partial charge in [0.2, 0.25) is 0 Å². The molecule has 6 heteroatoms. The first-order valence-corrected chi connectivity index (χ1v) is 5.04. The van der Waals surface area contributed by atoms with Crippen LogP contribution < -0.4 is 0 Å². The highest BCUT2D eigenvalue weighted by Gasteiger charge is 2.29. The van der Waals surface area contributed by atoms with Gasteiger partial charge in [0, 0.05) is 13.8 Å². The van der Waals surface area contributed by atoms with Crippen molar-refractivity contribution in [2.24, 2.45) is 10.2 Å². The summed E-state index contributed by atoms with van der Waals surface area (Å²) < 4.78 is 0. The third-order valence-corrected chi connectivity index (χ3v) is 2.26. The van der Waals surface area contributed by atoms with Crippen molar-refractivity contribution >= 4 is 17.3 Å². The summed E-state index contributed by atoms with van der Waals surface area (Å²) in [4.78, 5) is 10.1. The molecule has 0 N–H and O–H groups in total. The van der Waals surface area contributed by atoms with Crippen LogP contribution in [0.15, 0.2) is 28.4 Å². The first kappa shape index (κ1) is 12.6. The van der Waals surface area contributed by atoms with E-state index in [4.69, 9.17) is 11.6 Å². The molecule has 1 aromatic rings. The lowest BCUT2D eigenvalue weighted by Crippen LogP contribution is -2.27. The molecule has 0 saturated carbocycles. The third kappa shape index (κ3) is 3.00. The van der Waals surface area contributed by atoms with E-state index in [9.17, 15) is 10.1 Å². The van der Waals surface area contributed by atoms with Crippen LogP contribution in [0.4, 0.5) is 5.69 Å². The summed E-state index contributed by atoms with van der Waals surface area (Å²) in [5.74, 6) is 0. The Bertz CT molecular complexity index is 444. The molecule has 0 fully saturated rings. The van der Waals surface area contributed by atoms with Gasteiger partial charge in [-0.2, -0.15) is 0 Å². The van der Waals surface area contributed by atoms with Crippen LogP contribution in [0, 0.1) is 17.0 Å². The van der Waals surface area contributed by atoms with Gasteiger partial charge in [0.1, 0.15) is 5.69 Å². The molecule has 0 bridgehead atoms. The Balaban J connectivity index is 2.97. The zero-order chi connectivity index (χ0) is 12.3. The second-order valence-corrected chi connectivity index (χ2v) is 4.31. The van der Waals surface area contributed by atoms with E-state index in [0.717, 1.165) is 5.56 Å². The van der Waals surface area contributed by atoms with Crippen molar-refractivity contribution in [1.29, 1.82) is 0 Å². The summed E-state index contributed by atoms with van der Waals surface area (Å²) >= 11 is 5.91. The van der Waals surface area contributed by atoms with E-state index in [1.54, 1.807) is 12.1 Å². The second kappa shape index (κ2) is 4.57. The van der Waals surface area contributed by atoms with E-state index in [1.165, 1.54) is 13.8 Å². The topological polar surface area (TPSA) is 67.9 Å². The van der Waals surface area contributed by atoms with Crippen LogP contribution in [-0.2, 0) is 0 Å². The lowest BCUT2D eigenvalue weighted by Gasteiger charge is -2.07. The fourth-order valence-corrected chi connectivity index (χ4v) is 1.18. The van der Waals surface area contributed by atoms with Gasteiger partial charge >= 0.3 is 5.66 Å². The van der Waals surface area contributed by atoms with Gasteiger partial charge in [-0.3, -0.25) is 10.1 Å². The van der Waals surface area contributed by atoms with Crippen molar-refractivity contribution in [2.75, 3.05) is 0 Å². The zero-order valence-corrected chi connectivity index (χ0v) is 10.0. The lowest BCUT2D eigenvalue weighted by atomic mass is 10.2. The van der Waals surface area contributed by atoms with Crippen LogP contribution in [0.25, 0.3) is 0 Å². The molecule has 0 heterocycles. The Hall–Kier alpha value is -1.49. The quantitative estimate of drug-likeness (QED) is 0.459. The fourth-order valence-electron chi connectivity index (χ4n) is 0.906. The number of aryl methyl sites for hydroxylation is 1. The fraction of sp³-hybridized carbons (Fsp3) is 0.400. The molecule has 0 atom stereocenters. The summed E-state index contributed by atoms with van der Waals surface area (Å²) in [5.41, 5.74) is -0.00604. The van der Waals surface area contributed by atoms with Crippen LogP contribution in [0.3, 0.4) is 0 Å². The Kier molecular flexibility index (Phi) is 3.59. The van der Waals surface area contributed by atoms with Crippen LogP contribution in [0.5, 0.6) is 0 Å². The normalized spacial score (nSPS) is 12.0. The van der Waals surface area contributed by atoms with E-state index in [0.29, 0.717) is 10.7 Å². The molecule has 86 valence electrons. The minimum absolute atomic E-state index is 0.433. The van der Waals surface area contributed by atoms with Gasteiger partial charge < -0.3 is 0 Å². The zero-order valence-electron chi connectivity index (χ0n) is 9.27. The first-order chi connectivity index (χ1) is 7.33. The van der Waals surface area contributed by atoms with Crippen molar-refractivity contribution in [3.63, 3.8) is 0 Å². The highest BCUT2D eigenvalue weighted by Crippen LogP contribution is 2.27. The van der Waals surface area contributed by atoms with Crippen molar-refractivity contribution in [3.05, 3.63) is 38.9 Å². The van der Waals surface area contributed by atoms with Gasteiger partial charge in [-0.25, -0.2) is 0 Å². The molecule has 0 amide bonds. The summed E-state index contributed by atoms with van der Waals surface area (Å²) in [6, 6.07) is 5.23. The SMILES string of the molecule is Cc1ccc(N=NC(C)(C)[N+](=O)[O-])c(Cl)c1. The average Bonchev–Trinajstić information content (AvgIpc) is 2.16. The molecule has 0 radical (unpaired) electrons. The van der Waals surface area contributed by atoms with E-state index in [-0.39, 0.29) is 0 Å². The van der Waals surface area contributed by atoms with Gasteiger partial charge in [0.25, 0.3) is 0 Å². The smallest absolute Gasteiger partial charge is 0.262 e. The Labute approximate surface area is 98.3 Å². The first-order valence-electron chi connectivity index (χ1n) is 4.66. The van der Waals surface area contributed by atoms with E-state index >= 15 is 0 Å². The monoisotopic (exact) mass is 241 g/mol. The van der Waals surface area contributed by atoms with E-state index in [1.807, 2.05) is 13.0 Å². The number of rotatable bonds is 3. The van der Waals surface area contributed by atoms with Crippen molar-refractivity contribution in [3.8, 4) is 0 Å². The number of nitro groups is 1. The Morgan fingerprint density at radius 1 is 1.44 bits per heavy atom. The van der Waals surface area contributed by atoms with Gasteiger partial charge in [-0.1, -0.05) is 17.7 Å². The van der Waals surface area contributed by atoms with Crippen molar-refractivity contribution in [2.45, 2.75) is 26.4 Å². The second-order valence-electron chi connectivity index (χ2n) is 3.91. The van der Waals surface area contributed by atoms with Crippen LogP contribution in [0.2, 0.25) is 5.02 Å². The lowest BCUT2D eigenvalue weighted by molar-refractivity contribution is -0.559. The predicted octanol–water partition coefficient (Wildman–Crippen LogP) is 3.74. The molecule has 0 saturated heterocycles. The summed E-state index contributed by atoms with van der Waals surface area (Å²) in [5, 5.41) is 18.5. The molecule has 1 rings (SSSR count). The maximum Gasteiger partial charge on any atom is 0.324 e. The Morgan fingerprint density at radius 3 is 2.56 bits per heavy atom. The predicted molar refractivity (Wildman–Crippen MR) is 61.8 cm³/mol. The van der Waals surface area contributed by atoms with Crippen molar-refractivity contribution < 1.29 is 4.92 Å². The number of azo groups is 1. The number of nitrogens with zero attached hydrogens (tertiary/aromatic N) is 3. The van der Waals surface area contributed by atoms with Gasteiger partial charge in [-0.15, -0.1) is 10.2 Å². The molecular formula is C10H12ClN3O2. The van der Waals surface area contributed by atoms with Crippen molar-refractivity contribution in [1.82, 2.24) is 0 Å². The molecule has 0 unspecified atom stereocenters. The average molecular weight is 242 g/mol. The number of hydrogen-bond donors (Lipinski definition) is 0. The number of hydrogen-bond acceptors (Lipinski definition) is 4. The number of benzene rings is 1. The summed E-state index contributed by atoms with van der Waals surface area (Å²) in [6.07, 6.45) is 0. The van der Waals surface area contributed by atoms with Crippen LogP contribution in [-0.4, -0.2) is 10.6 Å². The van der Waals surface area contributed by atoms with Gasteiger partial charge in [-0.05, 0) is 24.6 Å². The van der Waals surface area contributed by atoms with Gasteiger partial charge in [0.05, 0.1) is 9.95 Å². The highest BCUT2D eigenvalue weighted by atomic mass is 35.5. The molecule has 5 nitrogen and oxygen atoms in total. The maximum absolute atomic E-state index is 10.6. The largest absolute Gasteiger partial charge is 0.324 e. The summed E-state index contributed by atoms with van der Waals surface area (Å²) in [6.45, 7) is 4.64. The molecule has 16 heavy (non-hydrogen) atoms. The minimum atomic E-state index is -1.44. The molecule has 0 aliphatic carbocycles. The van der Waals surface area contributed by atoms with Crippen LogP contribution in [0.1, 0.15) is 19.4 Å². The molecule has 0 aliphatic heterocycles.